The molecule has 14 heavy (non-hydrogen) atoms. The fourth-order valence-electron chi connectivity index (χ4n) is 1.68. The molecule has 3 N–H and O–H groups in total. The summed E-state index contributed by atoms with van der Waals surface area (Å²) in [6.45, 7) is 6.90. The molecule has 1 rings (SSSR count). The van der Waals surface area contributed by atoms with Crippen LogP contribution in [0.4, 0.5) is 0 Å². The average Bonchev–Trinajstić information content (AvgIpc) is 2.08. The smallest absolute Gasteiger partial charge is 0.223 e. The summed E-state index contributed by atoms with van der Waals surface area (Å²) >= 11 is 0. The van der Waals surface area contributed by atoms with E-state index in [0.717, 1.165) is 19.4 Å². The molecule has 3 heteroatoms. The molecule has 82 valence electrons. The Kier molecular flexibility index (Phi) is 3.93. The van der Waals surface area contributed by atoms with Crippen molar-refractivity contribution < 1.29 is 4.79 Å². The minimum atomic E-state index is 0.118. The first-order chi connectivity index (χ1) is 6.54. The lowest BCUT2D eigenvalue weighted by Crippen LogP contribution is -2.48. The first-order valence-corrected chi connectivity index (χ1v) is 5.55. The van der Waals surface area contributed by atoms with Gasteiger partial charge in [-0.15, -0.1) is 0 Å². The van der Waals surface area contributed by atoms with E-state index in [2.05, 4.69) is 19.2 Å². The lowest BCUT2D eigenvalue weighted by Gasteiger charge is -2.35. The largest absolute Gasteiger partial charge is 0.353 e. The van der Waals surface area contributed by atoms with Crippen molar-refractivity contribution in [1.29, 1.82) is 0 Å². The van der Waals surface area contributed by atoms with Gasteiger partial charge in [-0.25, -0.2) is 0 Å². The van der Waals surface area contributed by atoms with E-state index >= 15 is 0 Å². The number of nitrogens with two attached hydrogens (primary N) is 1. The lowest BCUT2D eigenvalue weighted by atomic mass is 9.80. The normalized spacial score (nSPS) is 28.4. The van der Waals surface area contributed by atoms with Gasteiger partial charge in [-0.2, -0.15) is 0 Å². The average molecular weight is 198 g/mol. The van der Waals surface area contributed by atoms with Crippen LogP contribution in [-0.4, -0.2) is 18.5 Å². The van der Waals surface area contributed by atoms with Gasteiger partial charge in [-0.3, -0.25) is 4.79 Å². The maximum atomic E-state index is 11.6. The molecule has 1 aliphatic carbocycles. The molecule has 3 nitrogen and oxygen atoms in total. The molecule has 0 spiro atoms. The lowest BCUT2D eigenvalue weighted by molar-refractivity contribution is -0.127. The quantitative estimate of drug-likeness (QED) is 0.711. The van der Waals surface area contributed by atoms with Gasteiger partial charge in [0.25, 0.3) is 0 Å². The Hall–Kier alpha value is -0.570. The first-order valence-electron chi connectivity index (χ1n) is 5.55. The van der Waals surface area contributed by atoms with Crippen molar-refractivity contribution in [2.45, 2.75) is 39.7 Å². The summed E-state index contributed by atoms with van der Waals surface area (Å²) < 4.78 is 0. The Morgan fingerprint density at radius 2 is 2.00 bits per heavy atom. The van der Waals surface area contributed by atoms with Crippen molar-refractivity contribution in [2.75, 3.05) is 6.54 Å². The van der Waals surface area contributed by atoms with Gasteiger partial charge in [0.15, 0.2) is 0 Å². The van der Waals surface area contributed by atoms with Crippen molar-refractivity contribution in [3.05, 3.63) is 0 Å². The van der Waals surface area contributed by atoms with Crippen LogP contribution in [0, 0.1) is 17.8 Å². The van der Waals surface area contributed by atoms with E-state index in [0.29, 0.717) is 17.9 Å². The summed E-state index contributed by atoms with van der Waals surface area (Å²) in [5.74, 6) is 1.36. The maximum Gasteiger partial charge on any atom is 0.223 e. The number of carbonyl (C=O) groups excluding carboxylic acids is 1. The maximum absolute atomic E-state index is 11.6. The van der Waals surface area contributed by atoms with E-state index in [4.69, 9.17) is 5.73 Å². The van der Waals surface area contributed by atoms with Crippen LogP contribution in [0.15, 0.2) is 0 Å². The summed E-state index contributed by atoms with van der Waals surface area (Å²) in [5.41, 5.74) is 5.52. The van der Waals surface area contributed by atoms with E-state index in [9.17, 15) is 4.79 Å². The van der Waals surface area contributed by atoms with Crippen LogP contribution >= 0.6 is 0 Å². The number of hydrogen-bond acceptors (Lipinski definition) is 2. The minimum Gasteiger partial charge on any atom is -0.353 e. The second kappa shape index (κ2) is 4.78. The van der Waals surface area contributed by atoms with Crippen molar-refractivity contribution in [1.82, 2.24) is 5.32 Å². The molecule has 0 radical (unpaired) electrons. The molecule has 1 atom stereocenters. The third-order valence-corrected chi connectivity index (χ3v) is 3.33. The highest BCUT2D eigenvalue weighted by Gasteiger charge is 2.30. The Morgan fingerprint density at radius 1 is 1.43 bits per heavy atom. The van der Waals surface area contributed by atoms with Gasteiger partial charge in [0.05, 0.1) is 0 Å². The summed E-state index contributed by atoms with van der Waals surface area (Å²) in [7, 11) is 0. The monoisotopic (exact) mass is 198 g/mol. The standard InChI is InChI=1S/C11H22N2O/c1-7(2)8(3)11(14)13-10-4-9(5-10)6-12/h7-10H,4-6,12H2,1-3H3,(H,13,14). The van der Waals surface area contributed by atoms with E-state index in [1.807, 2.05) is 6.92 Å². The molecule has 1 saturated carbocycles. The van der Waals surface area contributed by atoms with Gasteiger partial charge >= 0.3 is 0 Å². The van der Waals surface area contributed by atoms with Gasteiger partial charge in [0, 0.05) is 12.0 Å². The van der Waals surface area contributed by atoms with Gasteiger partial charge < -0.3 is 11.1 Å². The molecule has 1 aliphatic rings. The van der Waals surface area contributed by atoms with E-state index in [1.54, 1.807) is 0 Å². The summed E-state index contributed by atoms with van der Waals surface area (Å²) in [4.78, 5) is 11.6. The first kappa shape index (κ1) is 11.5. The molecule has 0 heterocycles. The zero-order valence-corrected chi connectivity index (χ0v) is 9.42. The fourth-order valence-corrected chi connectivity index (χ4v) is 1.68. The number of hydrogen-bond donors (Lipinski definition) is 2. The molecule has 1 fully saturated rings. The molecule has 0 saturated heterocycles. The molecule has 1 unspecified atom stereocenters. The summed E-state index contributed by atoms with van der Waals surface area (Å²) in [6, 6.07) is 0.386. The molecule has 0 bridgehead atoms. The highest BCUT2D eigenvalue weighted by Crippen LogP contribution is 2.26. The zero-order chi connectivity index (χ0) is 10.7. The Balaban J connectivity index is 2.22. The van der Waals surface area contributed by atoms with Gasteiger partial charge in [0.2, 0.25) is 5.91 Å². The molecule has 0 aromatic heterocycles. The highest BCUT2D eigenvalue weighted by molar-refractivity contribution is 5.78. The predicted molar refractivity (Wildman–Crippen MR) is 57.7 cm³/mol. The second-order valence-electron chi connectivity index (χ2n) is 4.81. The number of nitrogens with one attached hydrogen (secondary N) is 1. The zero-order valence-electron chi connectivity index (χ0n) is 9.42. The van der Waals surface area contributed by atoms with Crippen molar-refractivity contribution in [3.63, 3.8) is 0 Å². The molecule has 0 aromatic rings. The van der Waals surface area contributed by atoms with Crippen LogP contribution in [0.2, 0.25) is 0 Å². The van der Waals surface area contributed by atoms with Crippen LogP contribution in [0.25, 0.3) is 0 Å². The van der Waals surface area contributed by atoms with E-state index < -0.39 is 0 Å². The highest BCUT2D eigenvalue weighted by atomic mass is 16.1. The SMILES string of the molecule is CC(C)C(C)C(=O)NC1CC(CN)C1. The van der Waals surface area contributed by atoms with Gasteiger partial charge in [-0.1, -0.05) is 20.8 Å². The van der Waals surface area contributed by atoms with Crippen LogP contribution < -0.4 is 11.1 Å². The van der Waals surface area contributed by atoms with Crippen LogP contribution in [0.1, 0.15) is 33.6 Å². The number of amides is 1. The third-order valence-electron chi connectivity index (χ3n) is 3.33. The van der Waals surface area contributed by atoms with Crippen molar-refractivity contribution in [3.8, 4) is 0 Å². The van der Waals surface area contributed by atoms with E-state index in [1.165, 1.54) is 0 Å². The Labute approximate surface area is 86.4 Å². The van der Waals surface area contributed by atoms with Crippen LogP contribution in [0.3, 0.4) is 0 Å². The summed E-state index contributed by atoms with van der Waals surface area (Å²) in [5, 5.41) is 3.07. The van der Waals surface area contributed by atoms with Crippen molar-refractivity contribution >= 4 is 5.91 Å². The molecule has 1 amide bonds. The molecular formula is C11H22N2O. The minimum absolute atomic E-state index is 0.118. The molecule has 0 aliphatic heterocycles. The Bertz CT molecular complexity index is 197. The van der Waals surface area contributed by atoms with E-state index in [-0.39, 0.29) is 11.8 Å². The topological polar surface area (TPSA) is 55.1 Å². The summed E-state index contributed by atoms with van der Waals surface area (Å²) in [6.07, 6.45) is 2.13. The number of rotatable bonds is 4. The third kappa shape index (κ3) is 2.71. The van der Waals surface area contributed by atoms with Gasteiger partial charge in [0.1, 0.15) is 0 Å². The Morgan fingerprint density at radius 3 is 2.43 bits per heavy atom. The van der Waals surface area contributed by atoms with Crippen LogP contribution in [0.5, 0.6) is 0 Å². The fraction of sp³-hybridized carbons (Fsp3) is 0.909. The van der Waals surface area contributed by atoms with Gasteiger partial charge in [-0.05, 0) is 31.2 Å². The number of carbonyl (C=O) groups is 1. The molecule has 0 aromatic carbocycles. The predicted octanol–water partition coefficient (Wildman–Crippen LogP) is 1.13. The van der Waals surface area contributed by atoms with Crippen molar-refractivity contribution in [2.24, 2.45) is 23.5 Å². The second-order valence-corrected chi connectivity index (χ2v) is 4.81. The molecular weight excluding hydrogens is 176 g/mol. The van der Waals surface area contributed by atoms with Crippen LogP contribution in [-0.2, 0) is 4.79 Å².